The Kier molecular flexibility index (Phi) is 3.41. The lowest BCUT2D eigenvalue weighted by molar-refractivity contribution is 0.281. The Morgan fingerprint density at radius 1 is 1.44 bits per heavy atom. The molecule has 0 atom stereocenters. The van der Waals surface area contributed by atoms with Crippen molar-refractivity contribution in [3.8, 4) is 0 Å². The van der Waals surface area contributed by atoms with E-state index in [9.17, 15) is 0 Å². The molecule has 16 heavy (non-hydrogen) atoms. The Hall–Kier alpha value is -1.13. The quantitative estimate of drug-likeness (QED) is 0.775. The minimum Gasteiger partial charge on any atom is -0.395 e. The van der Waals surface area contributed by atoms with Crippen molar-refractivity contribution in [1.82, 2.24) is 4.98 Å². The molecule has 0 bridgehead atoms. The van der Waals surface area contributed by atoms with Gasteiger partial charge in [0.05, 0.1) is 13.2 Å². The maximum atomic E-state index is 9.06. The van der Waals surface area contributed by atoms with Crippen LogP contribution in [-0.4, -0.2) is 34.4 Å². The van der Waals surface area contributed by atoms with E-state index in [1.807, 2.05) is 13.0 Å². The summed E-state index contributed by atoms with van der Waals surface area (Å²) < 4.78 is 0. The highest BCUT2D eigenvalue weighted by Crippen LogP contribution is 2.31. The molecular formula is C12H18N2O2. The van der Waals surface area contributed by atoms with E-state index >= 15 is 0 Å². The number of hydrogen-bond donors (Lipinski definition) is 2. The highest BCUT2D eigenvalue weighted by Gasteiger charge is 2.30. The molecule has 2 N–H and O–H groups in total. The molecule has 4 heteroatoms. The third kappa shape index (κ3) is 2.33. The SMILES string of the molecule is Cc1cc(CO)cnc1N(CCO)C1CC1. The summed E-state index contributed by atoms with van der Waals surface area (Å²) >= 11 is 0. The van der Waals surface area contributed by atoms with E-state index in [-0.39, 0.29) is 13.2 Å². The zero-order valence-corrected chi connectivity index (χ0v) is 9.56. The largest absolute Gasteiger partial charge is 0.395 e. The van der Waals surface area contributed by atoms with Crippen molar-refractivity contribution >= 4 is 5.82 Å². The minimum absolute atomic E-state index is 0.0253. The first kappa shape index (κ1) is 11.4. The lowest BCUT2D eigenvalue weighted by Gasteiger charge is -2.24. The fourth-order valence-electron chi connectivity index (χ4n) is 1.97. The van der Waals surface area contributed by atoms with Crippen LogP contribution < -0.4 is 4.90 Å². The van der Waals surface area contributed by atoms with Gasteiger partial charge in [0.15, 0.2) is 0 Å². The van der Waals surface area contributed by atoms with Crippen LogP contribution in [0.2, 0.25) is 0 Å². The lowest BCUT2D eigenvalue weighted by Crippen LogP contribution is -2.30. The maximum absolute atomic E-state index is 9.06. The number of hydrogen-bond acceptors (Lipinski definition) is 4. The molecule has 0 unspecified atom stereocenters. The number of rotatable bonds is 5. The summed E-state index contributed by atoms with van der Waals surface area (Å²) in [7, 11) is 0. The monoisotopic (exact) mass is 222 g/mol. The van der Waals surface area contributed by atoms with Gasteiger partial charge in [0, 0.05) is 18.8 Å². The Labute approximate surface area is 95.5 Å². The van der Waals surface area contributed by atoms with Gasteiger partial charge in [-0.15, -0.1) is 0 Å². The molecule has 1 aromatic heterocycles. The Bertz CT molecular complexity index is 364. The number of nitrogens with zero attached hydrogens (tertiary/aromatic N) is 2. The highest BCUT2D eigenvalue weighted by molar-refractivity contribution is 5.49. The first-order chi connectivity index (χ1) is 7.76. The molecule has 0 aliphatic heterocycles. The molecule has 0 amide bonds. The standard InChI is InChI=1S/C12H18N2O2/c1-9-6-10(8-16)7-13-12(9)14(4-5-15)11-2-3-11/h6-7,11,15-16H,2-5,8H2,1H3. The van der Waals surface area contributed by atoms with E-state index in [0.29, 0.717) is 12.6 Å². The summed E-state index contributed by atoms with van der Waals surface area (Å²) in [5, 5.41) is 18.1. The maximum Gasteiger partial charge on any atom is 0.131 e. The smallest absolute Gasteiger partial charge is 0.131 e. The van der Waals surface area contributed by atoms with Gasteiger partial charge in [0.25, 0.3) is 0 Å². The van der Waals surface area contributed by atoms with Crippen molar-refractivity contribution in [2.45, 2.75) is 32.4 Å². The third-order valence-corrected chi connectivity index (χ3v) is 2.89. The normalized spacial score (nSPS) is 15.2. The summed E-state index contributed by atoms with van der Waals surface area (Å²) in [4.78, 5) is 6.55. The fraction of sp³-hybridized carbons (Fsp3) is 0.583. The zero-order valence-electron chi connectivity index (χ0n) is 9.56. The fourth-order valence-corrected chi connectivity index (χ4v) is 1.97. The van der Waals surface area contributed by atoms with Crippen LogP contribution in [0, 0.1) is 6.92 Å². The van der Waals surface area contributed by atoms with Gasteiger partial charge in [-0.05, 0) is 37.0 Å². The second-order valence-corrected chi connectivity index (χ2v) is 4.29. The van der Waals surface area contributed by atoms with E-state index in [0.717, 1.165) is 16.9 Å². The van der Waals surface area contributed by atoms with E-state index in [4.69, 9.17) is 10.2 Å². The van der Waals surface area contributed by atoms with E-state index < -0.39 is 0 Å². The number of anilines is 1. The van der Waals surface area contributed by atoms with E-state index in [1.165, 1.54) is 12.8 Å². The molecule has 0 saturated heterocycles. The van der Waals surface area contributed by atoms with Crippen LogP contribution in [0.25, 0.3) is 0 Å². The van der Waals surface area contributed by atoms with Crippen molar-refractivity contribution in [3.05, 3.63) is 23.4 Å². The van der Waals surface area contributed by atoms with Crippen molar-refractivity contribution < 1.29 is 10.2 Å². The Balaban J connectivity index is 2.22. The van der Waals surface area contributed by atoms with Crippen LogP contribution in [-0.2, 0) is 6.61 Å². The summed E-state index contributed by atoms with van der Waals surface area (Å²) in [5.74, 6) is 0.939. The predicted octanol–water partition coefficient (Wildman–Crippen LogP) is 0.843. The number of aliphatic hydroxyl groups excluding tert-OH is 2. The molecule has 2 rings (SSSR count). The summed E-state index contributed by atoms with van der Waals surface area (Å²) in [6.07, 6.45) is 4.07. The molecule has 1 aromatic rings. The molecule has 0 aromatic carbocycles. The van der Waals surface area contributed by atoms with Gasteiger partial charge < -0.3 is 15.1 Å². The van der Waals surface area contributed by atoms with Gasteiger partial charge in [-0.25, -0.2) is 4.98 Å². The molecule has 0 radical (unpaired) electrons. The second kappa shape index (κ2) is 4.80. The zero-order chi connectivity index (χ0) is 11.5. The van der Waals surface area contributed by atoms with Crippen LogP contribution in [0.3, 0.4) is 0 Å². The summed E-state index contributed by atoms with van der Waals surface area (Å²) in [6, 6.07) is 2.49. The Morgan fingerprint density at radius 2 is 2.19 bits per heavy atom. The molecule has 4 nitrogen and oxygen atoms in total. The average Bonchev–Trinajstić information content (AvgIpc) is 3.10. The van der Waals surface area contributed by atoms with Gasteiger partial charge in [-0.1, -0.05) is 0 Å². The van der Waals surface area contributed by atoms with E-state index in [1.54, 1.807) is 6.20 Å². The molecule has 88 valence electrons. The number of aliphatic hydroxyl groups is 2. The van der Waals surface area contributed by atoms with Crippen LogP contribution >= 0.6 is 0 Å². The number of aryl methyl sites for hydroxylation is 1. The van der Waals surface area contributed by atoms with Crippen molar-refractivity contribution in [2.24, 2.45) is 0 Å². The first-order valence-electron chi connectivity index (χ1n) is 5.70. The molecule has 1 aliphatic rings. The van der Waals surface area contributed by atoms with Gasteiger partial charge in [-0.2, -0.15) is 0 Å². The van der Waals surface area contributed by atoms with Gasteiger partial charge in [0.1, 0.15) is 5.82 Å². The molecule has 1 aliphatic carbocycles. The van der Waals surface area contributed by atoms with Crippen molar-refractivity contribution in [3.63, 3.8) is 0 Å². The number of aromatic nitrogens is 1. The van der Waals surface area contributed by atoms with Crippen LogP contribution in [0.5, 0.6) is 0 Å². The van der Waals surface area contributed by atoms with E-state index in [2.05, 4.69) is 9.88 Å². The molecule has 1 heterocycles. The molecule has 0 spiro atoms. The first-order valence-corrected chi connectivity index (χ1v) is 5.70. The molecule has 1 saturated carbocycles. The Morgan fingerprint density at radius 3 is 2.69 bits per heavy atom. The predicted molar refractivity (Wildman–Crippen MR) is 62.4 cm³/mol. The minimum atomic E-state index is 0.0253. The summed E-state index contributed by atoms with van der Waals surface area (Å²) in [6.45, 7) is 2.81. The van der Waals surface area contributed by atoms with Crippen LogP contribution in [0.4, 0.5) is 5.82 Å². The topological polar surface area (TPSA) is 56.6 Å². The van der Waals surface area contributed by atoms with Crippen LogP contribution in [0.15, 0.2) is 12.3 Å². The van der Waals surface area contributed by atoms with Crippen LogP contribution in [0.1, 0.15) is 24.0 Å². The average molecular weight is 222 g/mol. The number of pyridine rings is 1. The third-order valence-electron chi connectivity index (χ3n) is 2.89. The van der Waals surface area contributed by atoms with Crippen molar-refractivity contribution in [2.75, 3.05) is 18.1 Å². The van der Waals surface area contributed by atoms with Gasteiger partial charge in [-0.3, -0.25) is 0 Å². The lowest BCUT2D eigenvalue weighted by atomic mass is 10.2. The highest BCUT2D eigenvalue weighted by atomic mass is 16.3. The van der Waals surface area contributed by atoms with Gasteiger partial charge in [0.2, 0.25) is 0 Å². The van der Waals surface area contributed by atoms with Gasteiger partial charge >= 0.3 is 0 Å². The molecule has 1 fully saturated rings. The van der Waals surface area contributed by atoms with Crippen molar-refractivity contribution in [1.29, 1.82) is 0 Å². The summed E-state index contributed by atoms with van der Waals surface area (Å²) in [5.41, 5.74) is 1.90. The molecular weight excluding hydrogens is 204 g/mol. The second-order valence-electron chi connectivity index (χ2n) is 4.29.